The molecule has 3 nitrogen and oxygen atoms in total. The Bertz CT molecular complexity index is 254. The van der Waals surface area contributed by atoms with Crippen molar-refractivity contribution < 1.29 is 4.74 Å². The van der Waals surface area contributed by atoms with E-state index in [4.69, 9.17) is 4.74 Å². The minimum absolute atomic E-state index is 0.451. The summed E-state index contributed by atoms with van der Waals surface area (Å²) >= 11 is 0. The minimum Gasteiger partial charge on any atom is -0.489 e. The SMILES string of the molecule is CNc1ccc(OC2CC2)cn1. The Morgan fingerprint density at radius 3 is 2.83 bits per heavy atom. The van der Waals surface area contributed by atoms with Gasteiger partial charge in [0.25, 0.3) is 0 Å². The topological polar surface area (TPSA) is 34.1 Å². The predicted molar refractivity (Wildman–Crippen MR) is 47.4 cm³/mol. The maximum Gasteiger partial charge on any atom is 0.138 e. The van der Waals surface area contributed by atoms with Crippen LogP contribution in [0.25, 0.3) is 0 Å². The zero-order valence-corrected chi connectivity index (χ0v) is 7.08. The third-order valence-corrected chi connectivity index (χ3v) is 1.82. The lowest BCUT2D eigenvalue weighted by molar-refractivity contribution is 0.302. The summed E-state index contributed by atoms with van der Waals surface area (Å²) in [5, 5.41) is 2.96. The molecule has 0 bridgehead atoms. The van der Waals surface area contributed by atoms with Crippen molar-refractivity contribution in [2.24, 2.45) is 0 Å². The fourth-order valence-corrected chi connectivity index (χ4v) is 0.976. The van der Waals surface area contributed by atoms with Gasteiger partial charge < -0.3 is 10.1 Å². The van der Waals surface area contributed by atoms with E-state index in [1.54, 1.807) is 6.20 Å². The second-order valence-corrected chi connectivity index (χ2v) is 2.95. The standard InChI is InChI=1S/C9H12N2O/c1-10-9-5-4-8(6-11-9)12-7-2-3-7/h4-7H,2-3H2,1H3,(H,10,11). The number of pyridine rings is 1. The van der Waals surface area contributed by atoms with Crippen LogP contribution >= 0.6 is 0 Å². The monoisotopic (exact) mass is 164 g/mol. The third-order valence-electron chi connectivity index (χ3n) is 1.82. The van der Waals surface area contributed by atoms with Crippen molar-refractivity contribution in [3.8, 4) is 5.75 Å². The number of ether oxygens (including phenoxy) is 1. The zero-order chi connectivity index (χ0) is 8.39. The van der Waals surface area contributed by atoms with Gasteiger partial charge in [-0.3, -0.25) is 0 Å². The Balaban J connectivity index is 2.02. The van der Waals surface area contributed by atoms with E-state index in [0.29, 0.717) is 6.10 Å². The fraction of sp³-hybridized carbons (Fsp3) is 0.444. The smallest absolute Gasteiger partial charge is 0.138 e. The van der Waals surface area contributed by atoms with Gasteiger partial charge in [0.1, 0.15) is 11.6 Å². The van der Waals surface area contributed by atoms with Crippen LogP contribution in [0.3, 0.4) is 0 Å². The average Bonchev–Trinajstić information content (AvgIpc) is 2.90. The molecule has 0 aromatic carbocycles. The van der Waals surface area contributed by atoms with E-state index < -0.39 is 0 Å². The first-order valence-electron chi connectivity index (χ1n) is 4.19. The van der Waals surface area contributed by atoms with E-state index in [9.17, 15) is 0 Å². The maximum absolute atomic E-state index is 5.53. The normalized spacial score (nSPS) is 15.8. The first-order valence-corrected chi connectivity index (χ1v) is 4.19. The van der Waals surface area contributed by atoms with Crippen molar-refractivity contribution in [3.63, 3.8) is 0 Å². The van der Waals surface area contributed by atoms with E-state index >= 15 is 0 Å². The van der Waals surface area contributed by atoms with Gasteiger partial charge in [0.2, 0.25) is 0 Å². The highest BCUT2D eigenvalue weighted by molar-refractivity contribution is 5.36. The van der Waals surface area contributed by atoms with Crippen LogP contribution in [0.15, 0.2) is 18.3 Å². The van der Waals surface area contributed by atoms with Crippen molar-refractivity contribution >= 4 is 5.82 Å². The van der Waals surface area contributed by atoms with Crippen LogP contribution in [0.5, 0.6) is 5.75 Å². The molecule has 0 saturated heterocycles. The molecule has 1 saturated carbocycles. The van der Waals surface area contributed by atoms with Crippen molar-refractivity contribution in [3.05, 3.63) is 18.3 Å². The third kappa shape index (κ3) is 1.67. The molecule has 2 rings (SSSR count). The highest BCUT2D eigenvalue weighted by Gasteiger charge is 2.23. The summed E-state index contributed by atoms with van der Waals surface area (Å²) in [6, 6.07) is 3.86. The highest BCUT2D eigenvalue weighted by Crippen LogP contribution is 2.26. The molecule has 0 atom stereocenters. The number of anilines is 1. The lowest BCUT2D eigenvalue weighted by atomic mass is 10.4. The Hall–Kier alpha value is -1.25. The Kier molecular flexibility index (Phi) is 1.86. The lowest BCUT2D eigenvalue weighted by Gasteiger charge is -2.03. The molecule has 0 aliphatic heterocycles. The molecule has 1 aromatic heterocycles. The Morgan fingerprint density at radius 2 is 2.33 bits per heavy atom. The Morgan fingerprint density at radius 1 is 1.50 bits per heavy atom. The Labute approximate surface area is 71.8 Å². The number of hydrogen-bond acceptors (Lipinski definition) is 3. The molecular formula is C9H12N2O. The molecule has 1 heterocycles. The molecule has 0 unspecified atom stereocenters. The van der Waals surface area contributed by atoms with Crippen LogP contribution in [-0.2, 0) is 0 Å². The second-order valence-electron chi connectivity index (χ2n) is 2.95. The van der Waals surface area contributed by atoms with Gasteiger partial charge in [0.05, 0.1) is 12.3 Å². The number of aromatic nitrogens is 1. The molecule has 3 heteroatoms. The summed E-state index contributed by atoms with van der Waals surface area (Å²) in [6.07, 6.45) is 4.58. The summed E-state index contributed by atoms with van der Waals surface area (Å²) in [7, 11) is 1.85. The van der Waals surface area contributed by atoms with Crippen LogP contribution in [0.1, 0.15) is 12.8 Å². The molecular weight excluding hydrogens is 152 g/mol. The molecule has 12 heavy (non-hydrogen) atoms. The number of hydrogen-bond donors (Lipinski definition) is 1. The van der Waals surface area contributed by atoms with Gasteiger partial charge in [-0.25, -0.2) is 4.98 Å². The first-order chi connectivity index (χ1) is 5.88. The summed E-state index contributed by atoms with van der Waals surface area (Å²) in [6.45, 7) is 0. The maximum atomic E-state index is 5.53. The number of nitrogens with one attached hydrogen (secondary N) is 1. The van der Waals surface area contributed by atoms with Crippen molar-refractivity contribution in [1.82, 2.24) is 4.98 Å². The van der Waals surface area contributed by atoms with Crippen molar-refractivity contribution in [2.45, 2.75) is 18.9 Å². The summed E-state index contributed by atoms with van der Waals surface area (Å²) in [5.74, 6) is 1.75. The molecule has 1 aromatic rings. The van der Waals surface area contributed by atoms with E-state index in [0.717, 1.165) is 11.6 Å². The molecule has 0 amide bonds. The highest BCUT2D eigenvalue weighted by atomic mass is 16.5. The van der Waals surface area contributed by atoms with Crippen LogP contribution in [0.2, 0.25) is 0 Å². The van der Waals surface area contributed by atoms with Crippen LogP contribution < -0.4 is 10.1 Å². The molecule has 0 radical (unpaired) electrons. The van der Waals surface area contributed by atoms with Crippen LogP contribution in [0.4, 0.5) is 5.82 Å². The van der Waals surface area contributed by atoms with Gasteiger partial charge in [-0.05, 0) is 25.0 Å². The minimum atomic E-state index is 0.451. The van der Waals surface area contributed by atoms with Crippen molar-refractivity contribution in [2.75, 3.05) is 12.4 Å². The zero-order valence-electron chi connectivity index (χ0n) is 7.08. The molecule has 0 spiro atoms. The summed E-state index contributed by atoms with van der Waals surface area (Å²) in [5.41, 5.74) is 0. The first kappa shape index (κ1) is 7.40. The second kappa shape index (κ2) is 3.01. The molecule has 1 aliphatic rings. The predicted octanol–water partition coefficient (Wildman–Crippen LogP) is 1.66. The molecule has 1 aliphatic carbocycles. The van der Waals surface area contributed by atoms with Gasteiger partial charge in [-0.1, -0.05) is 0 Å². The average molecular weight is 164 g/mol. The van der Waals surface area contributed by atoms with Gasteiger partial charge in [-0.2, -0.15) is 0 Å². The van der Waals surface area contributed by atoms with Crippen LogP contribution in [-0.4, -0.2) is 18.1 Å². The van der Waals surface area contributed by atoms with Crippen molar-refractivity contribution in [1.29, 1.82) is 0 Å². The van der Waals surface area contributed by atoms with E-state index in [2.05, 4.69) is 10.3 Å². The largest absolute Gasteiger partial charge is 0.489 e. The molecule has 64 valence electrons. The molecule has 1 N–H and O–H groups in total. The summed E-state index contributed by atoms with van der Waals surface area (Å²) in [4.78, 5) is 4.14. The summed E-state index contributed by atoms with van der Waals surface area (Å²) < 4.78 is 5.53. The number of rotatable bonds is 3. The van der Waals surface area contributed by atoms with Gasteiger partial charge in [0, 0.05) is 7.05 Å². The molecule has 1 fully saturated rings. The van der Waals surface area contributed by atoms with E-state index in [1.807, 2.05) is 19.2 Å². The quantitative estimate of drug-likeness (QED) is 0.737. The van der Waals surface area contributed by atoms with Gasteiger partial charge in [-0.15, -0.1) is 0 Å². The number of nitrogens with zero attached hydrogens (tertiary/aromatic N) is 1. The van der Waals surface area contributed by atoms with Gasteiger partial charge in [0.15, 0.2) is 0 Å². The lowest BCUT2D eigenvalue weighted by Crippen LogP contribution is -1.97. The van der Waals surface area contributed by atoms with Gasteiger partial charge >= 0.3 is 0 Å². The van der Waals surface area contributed by atoms with E-state index in [-0.39, 0.29) is 0 Å². The fourth-order valence-electron chi connectivity index (χ4n) is 0.976. The van der Waals surface area contributed by atoms with E-state index in [1.165, 1.54) is 12.8 Å². The van der Waals surface area contributed by atoms with Crippen LogP contribution in [0, 0.1) is 0 Å².